The lowest BCUT2D eigenvalue weighted by Gasteiger charge is -2.18. The van der Waals surface area contributed by atoms with Crippen LogP contribution >= 0.6 is 0 Å². The summed E-state index contributed by atoms with van der Waals surface area (Å²) in [6, 6.07) is 0. The van der Waals surface area contributed by atoms with Gasteiger partial charge >= 0.3 is 5.97 Å². The highest BCUT2D eigenvalue weighted by molar-refractivity contribution is 6.02. The topological polar surface area (TPSA) is 86.3 Å². The Morgan fingerprint density at radius 2 is 2.00 bits per heavy atom. The molecule has 1 amide bonds. The molecule has 0 bridgehead atoms. The first-order valence-corrected chi connectivity index (χ1v) is 4.89. The quantitative estimate of drug-likeness (QED) is 0.718. The fourth-order valence-corrected chi connectivity index (χ4v) is 1.32. The number of carbonyl (C=O) groups excluding carboxylic acids is 1. The molecule has 6 nitrogen and oxygen atoms in total. The van der Waals surface area contributed by atoms with Gasteiger partial charge < -0.3 is 15.0 Å². The van der Waals surface area contributed by atoms with Crippen LogP contribution in [0.4, 0.5) is 0 Å². The summed E-state index contributed by atoms with van der Waals surface area (Å²) >= 11 is 0. The van der Waals surface area contributed by atoms with E-state index in [4.69, 9.17) is 5.11 Å². The number of rotatable bonds is 6. The lowest BCUT2D eigenvalue weighted by molar-refractivity contribution is 0.0674. The van der Waals surface area contributed by atoms with Crippen molar-refractivity contribution in [2.75, 3.05) is 13.1 Å². The minimum Gasteiger partial charge on any atom is -0.477 e. The van der Waals surface area contributed by atoms with Crippen molar-refractivity contribution in [2.45, 2.75) is 0 Å². The second kappa shape index (κ2) is 5.64. The summed E-state index contributed by atoms with van der Waals surface area (Å²) in [6.07, 6.45) is 4.28. The number of carbonyl (C=O) groups is 2. The van der Waals surface area contributed by atoms with Gasteiger partial charge in [0.15, 0.2) is 11.4 Å². The largest absolute Gasteiger partial charge is 0.477 e. The van der Waals surface area contributed by atoms with Crippen LogP contribution in [0.1, 0.15) is 21.0 Å². The molecule has 90 valence electrons. The Balaban J connectivity index is 3.00. The minimum absolute atomic E-state index is 0.110. The first-order valence-electron chi connectivity index (χ1n) is 4.89. The van der Waals surface area contributed by atoms with E-state index in [1.165, 1.54) is 11.2 Å². The van der Waals surface area contributed by atoms with E-state index < -0.39 is 11.9 Å². The number of carboxylic acids is 1. The standard InChI is InChI=1S/C11H13N3O3/c1-3-5-14(6-4-2)10(15)8-9(11(16)17)13-7-12-8/h3-4,7H,1-2,5-6H2,(H,12,13)(H,16,17). The molecule has 0 aliphatic carbocycles. The molecule has 1 heterocycles. The minimum atomic E-state index is -1.22. The van der Waals surface area contributed by atoms with Crippen LogP contribution in [0.25, 0.3) is 0 Å². The van der Waals surface area contributed by atoms with E-state index in [0.717, 1.165) is 0 Å². The molecular weight excluding hydrogens is 222 g/mol. The van der Waals surface area contributed by atoms with Crippen LogP contribution in [0, 0.1) is 0 Å². The molecule has 1 aromatic heterocycles. The Morgan fingerprint density at radius 3 is 2.47 bits per heavy atom. The molecule has 1 aromatic rings. The third kappa shape index (κ3) is 2.81. The van der Waals surface area contributed by atoms with E-state index in [2.05, 4.69) is 23.1 Å². The number of nitrogens with one attached hydrogen (secondary N) is 1. The van der Waals surface area contributed by atoms with Gasteiger partial charge in [0.2, 0.25) is 0 Å². The predicted octanol–water partition coefficient (Wildman–Crippen LogP) is 0.922. The van der Waals surface area contributed by atoms with Gasteiger partial charge in [0, 0.05) is 13.1 Å². The van der Waals surface area contributed by atoms with E-state index in [-0.39, 0.29) is 11.4 Å². The van der Waals surface area contributed by atoms with Crippen LogP contribution in [-0.2, 0) is 0 Å². The van der Waals surface area contributed by atoms with Gasteiger partial charge in [-0.1, -0.05) is 12.2 Å². The number of imidazole rings is 1. The summed E-state index contributed by atoms with van der Waals surface area (Å²) in [4.78, 5) is 30.4. The van der Waals surface area contributed by atoms with Crippen molar-refractivity contribution >= 4 is 11.9 Å². The molecule has 2 N–H and O–H groups in total. The van der Waals surface area contributed by atoms with Crippen LogP contribution in [-0.4, -0.2) is 44.9 Å². The molecule has 0 fully saturated rings. The van der Waals surface area contributed by atoms with E-state index >= 15 is 0 Å². The summed E-state index contributed by atoms with van der Waals surface area (Å²) in [5, 5.41) is 8.86. The molecule has 0 saturated carbocycles. The van der Waals surface area contributed by atoms with E-state index in [9.17, 15) is 9.59 Å². The zero-order valence-electron chi connectivity index (χ0n) is 9.22. The van der Waals surface area contributed by atoms with E-state index in [1.54, 1.807) is 12.2 Å². The Bertz CT molecular complexity index is 441. The first-order chi connectivity index (χ1) is 8.11. The SMILES string of the molecule is C=CCN(CC=C)C(=O)c1nc[nH]c1C(=O)O. The number of aromatic nitrogens is 2. The number of amides is 1. The number of H-pyrrole nitrogens is 1. The summed E-state index contributed by atoms with van der Waals surface area (Å²) in [5.41, 5.74) is -0.325. The van der Waals surface area contributed by atoms with E-state index in [0.29, 0.717) is 13.1 Å². The average molecular weight is 235 g/mol. The predicted molar refractivity (Wildman–Crippen MR) is 61.8 cm³/mol. The van der Waals surface area contributed by atoms with E-state index in [1.807, 2.05) is 0 Å². The highest BCUT2D eigenvalue weighted by atomic mass is 16.4. The van der Waals surface area contributed by atoms with Gasteiger partial charge in [-0.25, -0.2) is 9.78 Å². The van der Waals surface area contributed by atoms with Gasteiger partial charge in [-0.15, -0.1) is 13.2 Å². The summed E-state index contributed by atoms with van der Waals surface area (Å²) in [6.45, 7) is 7.67. The van der Waals surface area contributed by atoms with Crippen molar-refractivity contribution in [1.82, 2.24) is 14.9 Å². The number of hydrogen-bond acceptors (Lipinski definition) is 3. The van der Waals surface area contributed by atoms with Crippen LogP contribution in [0.15, 0.2) is 31.6 Å². The first kappa shape index (κ1) is 12.7. The number of aromatic carboxylic acids is 1. The molecule has 0 radical (unpaired) electrons. The second-order valence-electron chi connectivity index (χ2n) is 3.22. The van der Waals surface area contributed by atoms with Gasteiger partial charge in [0.1, 0.15) is 0 Å². The maximum Gasteiger partial charge on any atom is 0.354 e. The highest BCUT2D eigenvalue weighted by Gasteiger charge is 2.23. The molecule has 0 atom stereocenters. The highest BCUT2D eigenvalue weighted by Crippen LogP contribution is 2.07. The van der Waals surface area contributed by atoms with Crippen LogP contribution in [0.3, 0.4) is 0 Å². The Labute approximate surface area is 98.3 Å². The Hall–Kier alpha value is -2.37. The summed E-state index contributed by atoms with van der Waals surface area (Å²) < 4.78 is 0. The molecule has 0 unspecified atom stereocenters. The van der Waals surface area contributed by atoms with Crippen molar-refractivity contribution in [3.05, 3.63) is 43.0 Å². The van der Waals surface area contributed by atoms with Crippen LogP contribution < -0.4 is 0 Å². The number of nitrogens with zero attached hydrogens (tertiary/aromatic N) is 2. The molecule has 0 aliphatic rings. The smallest absolute Gasteiger partial charge is 0.354 e. The maximum absolute atomic E-state index is 12.0. The molecule has 0 saturated heterocycles. The van der Waals surface area contributed by atoms with Crippen molar-refractivity contribution in [2.24, 2.45) is 0 Å². The van der Waals surface area contributed by atoms with Gasteiger partial charge in [-0.2, -0.15) is 0 Å². The van der Waals surface area contributed by atoms with Crippen molar-refractivity contribution in [3.63, 3.8) is 0 Å². The lowest BCUT2D eigenvalue weighted by atomic mass is 10.2. The Morgan fingerprint density at radius 1 is 1.41 bits per heavy atom. The molecule has 17 heavy (non-hydrogen) atoms. The molecule has 6 heteroatoms. The van der Waals surface area contributed by atoms with Crippen molar-refractivity contribution < 1.29 is 14.7 Å². The van der Waals surface area contributed by atoms with Gasteiger partial charge in [0.25, 0.3) is 5.91 Å². The fourth-order valence-electron chi connectivity index (χ4n) is 1.32. The van der Waals surface area contributed by atoms with Gasteiger partial charge in [0.05, 0.1) is 6.33 Å². The Kier molecular flexibility index (Phi) is 4.21. The van der Waals surface area contributed by atoms with Crippen LogP contribution in [0.2, 0.25) is 0 Å². The number of carboxylic acid groups (broad SMARTS) is 1. The average Bonchev–Trinajstić information content (AvgIpc) is 2.76. The number of hydrogen-bond donors (Lipinski definition) is 2. The number of aromatic amines is 1. The third-order valence-corrected chi connectivity index (χ3v) is 2.04. The fraction of sp³-hybridized carbons (Fsp3) is 0.182. The zero-order chi connectivity index (χ0) is 12.8. The third-order valence-electron chi connectivity index (χ3n) is 2.04. The monoisotopic (exact) mass is 235 g/mol. The normalized spacial score (nSPS) is 9.65. The lowest BCUT2D eigenvalue weighted by Crippen LogP contribution is -2.32. The molecule has 1 rings (SSSR count). The van der Waals surface area contributed by atoms with Gasteiger partial charge in [-0.05, 0) is 0 Å². The van der Waals surface area contributed by atoms with Gasteiger partial charge in [-0.3, -0.25) is 4.79 Å². The van der Waals surface area contributed by atoms with Crippen molar-refractivity contribution in [3.8, 4) is 0 Å². The second-order valence-corrected chi connectivity index (χ2v) is 3.22. The molecule has 0 aliphatic heterocycles. The molecule has 0 aromatic carbocycles. The van der Waals surface area contributed by atoms with Crippen LogP contribution in [0.5, 0.6) is 0 Å². The zero-order valence-corrected chi connectivity index (χ0v) is 9.22. The molecule has 0 spiro atoms. The summed E-state index contributed by atoms with van der Waals surface area (Å²) in [5.74, 6) is -1.69. The van der Waals surface area contributed by atoms with Crippen molar-refractivity contribution in [1.29, 1.82) is 0 Å². The molecular formula is C11H13N3O3. The summed E-state index contributed by atoms with van der Waals surface area (Å²) in [7, 11) is 0. The maximum atomic E-state index is 12.0.